The van der Waals surface area contributed by atoms with E-state index in [4.69, 9.17) is 24.4 Å². The summed E-state index contributed by atoms with van der Waals surface area (Å²) in [6.45, 7) is 6.38. The summed E-state index contributed by atoms with van der Waals surface area (Å²) in [5.74, 6) is 0. The molecule has 0 nitrogen and oxygen atoms in total. The van der Waals surface area contributed by atoms with Crippen LogP contribution >= 0.6 is 24.4 Å². The van der Waals surface area contributed by atoms with E-state index in [0.29, 0.717) is 0 Å². The average Bonchev–Trinajstić information content (AvgIpc) is 2.17. The zero-order valence-corrected chi connectivity index (χ0v) is 11.0. The number of benzene rings is 1. The molecule has 1 rings (SSSR count). The van der Waals surface area contributed by atoms with Crippen LogP contribution in [0.1, 0.15) is 32.8 Å². The van der Waals surface area contributed by atoms with Crippen molar-refractivity contribution in [2.24, 2.45) is 5.41 Å². The molecule has 1 aromatic rings. The molecule has 0 aliphatic rings. The van der Waals surface area contributed by atoms with E-state index in [1.807, 2.05) is 30.3 Å². The predicted octanol–water partition coefficient (Wildman–Crippen LogP) is 4.21. The summed E-state index contributed by atoms with van der Waals surface area (Å²) < 4.78 is 0. The summed E-state index contributed by atoms with van der Waals surface area (Å²) in [7, 11) is 0. The van der Waals surface area contributed by atoms with Gasteiger partial charge in [-0.05, 0) is 11.0 Å². The summed E-state index contributed by atoms with van der Waals surface area (Å²) in [4.78, 5) is 1.96. The average molecular weight is 236 g/mol. The molecule has 0 aliphatic heterocycles. The van der Waals surface area contributed by atoms with E-state index >= 15 is 0 Å². The van der Waals surface area contributed by atoms with Crippen molar-refractivity contribution >= 4 is 34.2 Å². The third-order valence-electron chi connectivity index (χ3n) is 2.25. The fourth-order valence-electron chi connectivity index (χ4n) is 1.14. The number of rotatable bonds is 3. The summed E-state index contributed by atoms with van der Waals surface area (Å²) in [5.41, 5.74) is 1.17. The van der Waals surface area contributed by atoms with Crippen LogP contribution in [0.2, 0.25) is 0 Å². The van der Waals surface area contributed by atoms with Crippen molar-refractivity contribution in [2.75, 3.05) is 0 Å². The normalized spacial score (nSPS) is 11.1. The maximum absolute atomic E-state index is 5.38. The van der Waals surface area contributed by atoms with Gasteiger partial charge in [0.15, 0.2) is 0 Å². The first-order valence-electron chi connectivity index (χ1n) is 5.03. The lowest BCUT2D eigenvalue weighted by Gasteiger charge is -2.20. The highest BCUT2D eigenvalue weighted by Gasteiger charge is 2.18. The van der Waals surface area contributed by atoms with Crippen molar-refractivity contribution in [3.05, 3.63) is 35.9 Å². The van der Waals surface area contributed by atoms with Crippen LogP contribution in [0.25, 0.3) is 0 Å². The molecule has 80 valence electrons. The Balaban J connectivity index is 2.70. The molecule has 0 bridgehead atoms. The van der Waals surface area contributed by atoms with E-state index in [2.05, 4.69) is 20.8 Å². The van der Waals surface area contributed by atoms with Crippen molar-refractivity contribution in [3.63, 3.8) is 0 Å². The van der Waals surface area contributed by atoms with E-state index < -0.39 is 0 Å². The van der Waals surface area contributed by atoms with Gasteiger partial charge in [0.1, 0.15) is 0 Å². The Bertz CT molecular complexity index is 358. The molecule has 2 heteroatoms. The highest BCUT2D eigenvalue weighted by molar-refractivity contribution is 7.82. The molecule has 0 aromatic heterocycles. The van der Waals surface area contributed by atoms with E-state index in [9.17, 15) is 0 Å². The molecule has 0 saturated heterocycles. The van der Waals surface area contributed by atoms with Gasteiger partial charge in [-0.15, -0.1) is 0 Å². The molecule has 0 unspecified atom stereocenters. The maximum atomic E-state index is 5.38. The first-order chi connectivity index (χ1) is 6.91. The van der Waals surface area contributed by atoms with Gasteiger partial charge in [-0.25, -0.2) is 0 Å². The second kappa shape index (κ2) is 4.95. The fourth-order valence-corrected chi connectivity index (χ4v) is 1.65. The number of hydrogen-bond acceptors (Lipinski definition) is 2. The Morgan fingerprint density at radius 2 is 1.60 bits per heavy atom. The van der Waals surface area contributed by atoms with Gasteiger partial charge < -0.3 is 0 Å². The van der Waals surface area contributed by atoms with Crippen molar-refractivity contribution in [2.45, 2.75) is 27.2 Å². The standard InChI is InChI=1S/C13H16S2/c1-13(2,3)12(15)9-11(14)10-7-5-4-6-8-10/h4-8H,9H2,1-3H3. The second-order valence-corrected chi connectivity index (χ2v) is 5.62. The Kier molecular flexibility index (Phi) is 4.12. The molecule has 0 fully saturated rings. The Labute approximate surface area is 103 Å². The smallest absolute Gasteiger partial charge is 0.0273 e. The molecule has 0 heterocycles. The summed E-state index contributed by atoms with van der Waals surface area (Å²) in [6, 6.07) is 10.1. The van der Waals surface area contributed by atoms with Crippen LogP contribution in [-0.4, -0.2) is 9.73 Å². The SMILES string of the molecule is CC(C)(C)C(=S)CC(=S)c1ccccc1. The van der Waals surface area contributed by atoms with E-state index in [1.165, 1.54) is 0 Å². The molecule has 0 saturated carbocycles. The zero-order valence-electron chi connectivity index (χ0n) is 9.41. The van der Waals surface area contributed by atoms with Crippen LogP contribution in [-0.2, 0) is 0 Å². The Morgan fingerprint density at radius 3 is 2.07 bits per heavy atom. The number of hydrogen-bond donors (Lipinski definition) is 0. The monoisotopic (exact) mass is 236 g/mol. The summed E-state index contributed by atoms with van der Waals surface area (Å²) in [5, 5.41) is 0. The summed E-state index contributed by atoms with van der Waals surface area (Å²) in [6.07, 6.45) is 0.734. The minimum atomic E-state index is 0.0637. The van der Waals surface area contributed by atoms with Gasteiger partial charge in [0.25, 0.3) is 0 Å². The Hall–Kier alpha value is -0.600. The maximum Gasteiger partial charge on any atom is 0.0273 e. The van der Waals surface area contributed by atoms with Crippen LogP contribution in [0.3, 0.4) is 0 Å². The van der Waals surface area contributed by atoms with Crippen LogP contribution in [0.4, 0.5) is 0 Å². The minimum absolute atomic E-state index is 0.0637. The van der Waals surface area contributed by atoms with Gasteiger partial charge in [-0.1, -0.05) is 75.5 Å². The molecular formula is C13H16S2. The molecule has 1 aromatic carbocycles. The van der Waals surface area contributed by atoms with Crippen LogP contribution in [0.5, 0.6) is 0 Å². The van der Waals surface area contributed by atoms with Crippen LogP contribution in [0.15, 0.2) is 30.3 Å². The van der Waals surface area contributed by atoms with Crippen molar-refractivity contribution in [1.82, 2.24) is 0 Å². The largest absolute Gasteiger partial charge is 0.0887 e. The van der Waals surface area contributed by atoms with E-state index in [1.54, 1.807) is 0 Å². The zero-order chi connectivity index (χ0) is 11.5. The molecule has 0 radical (unpaired) electrons. The van der Waals surface area contributed by atoms with Crippen molar-refractivity contribution in [1.29, 1.82) is 0 Å². The molecule has 0 amide bonds. The molecule has 0 atom stereocenters. The van der Waals surface area contributed by atoms with Gasteiger partial charge in [0.05, 0.1) is 0 Å². The van der Waals surface area contributed by atoms with Crippen LogP contribution in [0, 0.1) is 5.41 Å². The van der Waals surface area contributed by atoms with E-state index in [-0.39, 0.29) is 5.41 Å². The first-order valence-corrected chi connectivity index (χ1v) is 5.84. The lowest BCUT2D eigenvalue weighted by molar-refractivity contribution is 0.595. The topological polar surface area (TPSA) is 0 Å². The van der Waals surface area contributed by atoms with Crippen molar-refractivity contribution < 1.29 is 0 Å². The Morgan fingerprint density at radius 1 is 1.07 bits per heavy atom. The molecule has 15 heavy (non-hydrogen) atoms. The lowest BCUT2D eigenvalue weighted by atomic mass is 9.88. The van der Waals surface area contributed by atoms with E-state index in [0.717, 1.165) is 21.7 Å². The van der Waals surface area contributed by atoms with Gasteiger partial charge in [-0.3, -0.25) is 0 Å². The quantitative estimate of drug-likeness (QED) is 0.569. The first kappa shape index (κ1) is 12.5. The molecule has 0 aliphatic carbocycles. The third-order valence-corrected chi connectivity index (χ3v) is 3.39. The molecular weight excluding hydrogens is 220 g/mol. The number of thiocarbonyl (C=S) groups is 2. The van der Waals surface area contributed by atoms with Gasteiger partial charge in [-0.2, -0.15) is 0 Å². The van der Waals surface area contributed by atoms with Crippen LogP contribution < -0.4 is 0 Å². The third kappa shape index (κ3) is 3.80. The highest BCUT2D eigenvalue weighted by Crippen LogP contribution is 2.20. The highest BCUT2D eigenvalue weighted by atomic mass is 32.1. The van der Waals surface area contributed by atoms with Gasteiger partial charge in [0, 0.05) is 16.1 Å². The lowest BCUT2D eigenvalue weighted by Crippen LogP contribution is -2.20. The van der Waals surface area contributed by atoms with Gasteiger partial charge in [0.2, 0.25) is 0 Å². The second-order valence-electron chi connectivity index (χ2n) is 4.64. The van der Waals surface area contributed by atoms with Gasteiger partial charge >= 0.3 is 0 Å². The predicted molar refractivity (Wildman–Crippen MR) is 74.8 cm³/mol. The minimum Gasteiger partial charge on any atom is -0.0887 e. The fraction of sp³-hybridized carbons (Fsp3) is 0.385. The molecule has 0 N–H and O–H groups in total. The molecule has 0 spiro atoms. The van der Waals surface area contributed by atoms with Crippen molar-refractivity contribution in [3.8, 4) is 0 Å². The summed E-state index contributed by atoms with van der Waals surface area (Å²) >= 11 is 10.8.